The zero-order valence-electron chi connectivity index (χ0n) is 25.4. The van der Waals surface area contributed by atoms with Crippen molar-refractivity contribution < 1.29 is 24.1 Å². The molecule has 1 saturated carbocycles. The first-order valence-corrected chi connectivity index (χ1v) is 14.3. The van der Waals surface area contributed by atoms with Crippen LogP contribution in [-0.2, 0) is 5.41 Å². The number of hydrogen-bond donors (Lipinski definition) is 1. The van der Waals surface area contributed by atoms with E-state index >= 15 is 0 Å². The quantitative estimate of drug-likeness (QED) is 0.268. The predicted octanol–water partition coefficient (Wildman–Crippen LogP) is 8.75. The van der Waals surface area contributed by atoms with Crippen LogP contribution in [0.1, 0.15) is 58.1 Å². The SMILES string of the molecule is COc1ccc(-c2cc3c4c(cc(O)c3cc2OC)C2(CC(C)(C)CC(C)(C)C2)c2cc(OC)ccc2-4)c(OC)c1. The van der Waals surface area contributed by atoms with E-state index in [-0.39, 0.29) is 22.0 Å². The molecule has 0 unspecified atom stereocenters. The summed E-state index contributed by atoms with van der Waals surface area (Å²) in [6, 6.07) is 18.4. The van der Waals surface area contributed by atoms with Crippen LogP contribution in [0.2, 0.25) is 0 Å². The van der Waals surface area contributed by atoms with Crippen molar-refractivity contribution in [1.82, 2.24) is 0 Å². The van der Waals surface area contributed by atoms with Crippen molar-refractivity contribution in [3.05, 3.63) is 65.7 Å². The molecule has 0 aromatic heterocycles. The largest absolute Gasteiger partial charge is 0.507 e. The molecule has 4 aromatic carbocycles. The number of phenolic OH excluding ortho intramolecular Hbond substituents is 1. The third kappa shape index (κ3) is 4.20. The molecule has 0 heterocycles. The Hall–Kier alpha value is -3.86. The first kappa shape index (κ1) is 27.3. The smallest absolute Gasteiger partial charge is 0.130 e. The molecular formula is C36H40O5. The highest BCUT2D eigenvalue weighted by atomic mass is 16.5. The number of hydrogen-bond acceptors (Lipinski definition) is 5. The molecule has 0 aliphatic heterocycles. The van der Waals surface area contributed by atoms with Crippen molar-refractivity contribution in [3.63, 3.8) is 0 Å². The van der Waals surface area contributed by atoms with Gasteiger partial charge in [0.1, 0.15) is 28.7 Å². The number of ether oxygens (including phenoxy) is 4. The van der Waals surface area contributed by atoms with Crippen molar-refractivity contribution in [2.24, 2.45) is 10.8 Å². The molecule has 214 valence electrons. The van der Waals surface area contributed by atoms with Gasteiger partial charge in [-0.05, 0) is 100 Å². The van der Waals surface area contributed by atoms with Crippen molar-refractivity contribution in [1.29, 1.82) is 0 Å². The molecule has 1 spiro atoms. The summed E-state index contributed by atoms with van der Waals surface area (Å²) >= 11 is 0. The Kier molecular flexibility index (Phi) is 6.22. The summed E-state index contributed by atoms with van der Waals surface area (Å²) in [6.45, 7) is 9.53. The highest BCUT2D eigenvalue weighted by Crippen LogP contribution is 2.65. The zero-order valence-corrected chi connectivity index (χ0v) is 25.4. The standard InChI is InChI=1S/C36H40O5/c1-34(2)18-35(3,4)20-36(19-34)28-13-21(38-5)10-12-24(28)33-27-15-26(23-11-9-22(39-6)14-31(23)40-7)32(41-8)16-25(27)30(37)17-29(33)36/h9-17,37H,18-20H2,1-8H3. The van der Waals surface area contributed by atoms with Gasteiger partial charge in [0.25, 0.3) is 0 Å². The van der Waals surface area contributed by atoms with E-state index in [9.17, 15) is 5.11 Å². The van der Waals surface area contributed by atoms with Crippen LogP contribution >= 0.6 is 0 Å². The van der Waals surface area contributed by atoms with E-state index < -0.39 is 0 Å². The van der Waals surface area contributed by atoms with Gasteiger partial charge in [-0.1, -0.05) is 33.8 Å². The molecule has 0 radical (unpaired) electrons. The van der Waals surface area contributed by atoms with Crippen molar-refractivity contribution in [2.75, 3.05) is 28.4 Å². The molecular weight excluding hydrogens is 512 g/mol. The summed E-state index contributed by atoms with van der Waals surface area (Å²) in [5.74, 6) is 3.20. The topological polar surface area (TPSA) is 57.2 Å². The van der Waals surface area contributed by atoms with Crippen molar-refractivity contribution in [3.8, 4) is 51.0 Å². The van der Waals surface area contributed by atoms with Gasteiger partial charge in [0, 0.05) is 28.0 Å². The molecule has 2 aliphatic carbocycles. The number of benzene rings is 4. The molecule has 2 aliphatic rings. The van der Waals surface area contributed by atoms with E-state index in [0.717, 1.165) is 52.7 Å². The van der Waals surface area contributed by atoms with Crippen molar-refractivity contribution >= 4 is 10.8 Å². The number of fused-ring (bicyclic) bond motifs is 7. The van der Waals surface area contributed by atoms with E-state index in [1.54, 1.807) is 28.4 Å². The van der Waals surface area contributed by atoms with Crippen LogP contribution in [0.3, 0.4) is 0 Å². The second-order valence-corrected chi connectivity index (χ2v) is 13.3. The van der Waals surface area contributed by atoms with Crippen molar-refractivity contribution in [2.45, 2.75) is 52.4 Å². The Labute approximate surface area is 243 Å². The number of phenols is 1. The summed E-state index contributed by atoms with van der Waals surface area (Å²) in [4.78, 5) is 0. The lowest BCUT2D eigenvalue weighted by molar-refractivity contribution is 0.0644. The monoisotopic (exact) mass is 552 g/mol. The average Bonchev–Trinajstić information content (AvgIpc) is 3.17. The molecule has 1 fully saturated rings. The Morgan fingerprint density at radius 3 is 1.76 bits per heavy atom. The second-order valence-electron chi connectivity index (χ2n) is 13.3. The summed E-state index contributed by atoms with van der Waals surface area (Å²) in [5, 5.41) is 13.4. The number of aromatic hydroxyl groups is 1. The fourth-order valence-corrected chi connectivity index (χ4v) is 8.41. The molecule has 0 atom stereocenters. The van der Waals surface area contributed by atoms with E-state index in [0.29, 0.717) is 11.5 Å². The number of methoxy groups -OCH3 is 4. The highest BCUT2D eigenvalue weighted by Gasteiger charge is 2.54. The Balaban J connectivity index is 1.71. The lowest BCUT2D eigenvalue weighted by Gasteiger charge is -2.51. The molecule has 5 nitrogen and oxygen atoms in total. The Morgan fingerprint density at radius 1 is 0.561 bits per heavy atom. The zero-order chi connectivity index (χ0) is 29.3. The first-order valence-electron chi connectivity index (χ1n) is 14.3. The normalized spacial score (nSPS) is 17.7. The average molecular weight is 553 g/mol. The van der Waals surface area contributed by atoms with Crippen LogP contribution in [0.15, 0.2) is 54.6 Å². The predicted molar refractivity (Wildman–Crippen MR) is 165 cm³/mol. The summed E-state index contributed by atoms with van der Waals surface area (Å²) in [6.07, 6.45) is 3.14. The van der Waals surface area contributed by atoms with Crippen LogP contribution in [0.4, 0.5) is 0 Å². The molecule has 0 amide bonds. The van der Waals surface area contributed by atoms with E-state index in [1.165, 1.54) is 22.3 Å². The number of rotatable bonds is 5. The molecule has 6 rings (SSSR count). The molecule has 0 bridgehead atoms. The van der Waals surface area contributed by atoms with Crippen LogP contribution in [0.5, 0.6) is 28.7 Å². The van der Waals surface area contributed by atoms with Crippen LogP contribution in [0, 0.1) is 10.8 Å². The molecule has 4 aromatic rings. The van der Waals surface area contributed by atoms with Gasteiger partial charge < -0.3 is 24.1 Å². The minimum atomic E-state index is -0.242. The van der Waals surface area contributed by atoms with Gasteiger partial charge in [0.05, 0.1) is 28.4 Å². The maximum Gasteiger partial charge on any atom is 0.130 e. The van der Waals surface area contributed by atoms with Gasteiger partial charge in [0.15, 0.2) is 0 Å². The first-order chi connectivity index (χ1) is 19.5. The van der Waals surface area contributed by atoms with Crippen LogP contribution in [0.25, 0.3) is 33.0 Å². The molecule has 5 heteroatoms. The van der Waals surface area contributed by atoms with E-state index in [1.807, 2.05) is 30.3 Å². The summed E-state index contributed by atoms with van der Waals surface area (Å²) < 4.78 is 22.9. The Bertz CT molecular complexity index is 1660. The van der Waals surface area contributed by atoms with Gasteiger partial charge in [-0.2, -0.15) is 0 Å². The van der Waals surface area contributed by atoms with Gasteiger partial charge >= 0.3 is 0 Å². The lowest BCUT2D eigenvalue weighted by atomic mass is 9.52. The van der Waals surface area contributed by atoms with Gasteiger partial charge in [-0.3, -0.25) is 0 Å². The van der Waals surface area contributed by atoms with Gasteiger partial charge in [0.2, 0.25) is 0 Å². The minimum Gasteiger partial charge on any atom is -0.507 e. The van der Waals surface area contributed by atoms with Gasteiger partial charge in [-0.25, -0.2) is 0 Å². The van der Waals surface area contributed by atoms with Gasteiger partial charge in [-0.15, -0.1) is 0 Å². The lowest BCUT2D eigenvalue weighted by Crippen LogP contribution is -2.43. The minimum absolute atomic E-state index is 0.121. The fourth-order valence-electron chi connectivity index (χ4n) is 8.41. The van der Waals surface area contributed by atoms with Crippen LogP contribution < -0.4 is 18.9 Å². The fraction of sp³-hybridized carbons (Fsp3) is 0.389. The Morgan fingerprint density at radius 2 is 1.15 bits per heavy atom. The maximum atomic E-state index is 11.6. The molecule has 0 saturated heterocycles. The summed E-state index contributed by atoms with van der Waals surface area (Å²) in [7, 11) is 6.70. The highest BCUT2D eigenvalue weighted by molar-refractivity contribution is 6.08. The summed E-state index contributed by atoms with van der Waals surface area (Å²) in [5.41, 5.74) is 6.67. The van der Waals surface area contributed by atoms with Crippen LogP contribution in [-0.4, -0.2) is 33.5 Å². The second kappa shape index (κ2) is 9.34. The molecule has 1 N–H and O–H groups in total. The maximum absolute atomic E-state index is 11.6. The van der Waals surface area contributed by atoms with E-state index in [4.69, 9.17) is 18.9 Å². The molecule has 41 heavy (non-hydrogen) atoms. The third-order valence-corrected chi connectivity index (χ3v) is 9.18. The third-order valence-electron chi connectivity index (χ3n) is 9.18. The van der Waals surface area contributed by atoms with E-state index in [2.05, 4.69) is 52.0 Å².